The molecule has 0 amide bonds. The van der Waals surface area contributed by atoms with Crippen molar-refractivity contribution in [3.63, 3.8) is 0 Å². The number of pyridine rings is 1. The van der Waals surface area contributed by atoms with Crippen LogP contribution >= 0.6 is 12.4 Å². The van der Waals surface area contributed by atoms with E-state index < -0.39 is 0 Å². The molecule has 2 N–H and O–H groups in total. The first-order valence-corrected chi connectivity index (χ1v) is 5.18. The number of halogens is 1. The van der Waals surface area contributed by atoms with Crippen LogP contribution in [0.25, 0.3) is 0 Å². The van der Waals surface area contributed by atoms with Crippen LogP contribution in [0.5, 0.6) is 0 Å². The first-order valence-electron chi connectivity index (χ1n) is 5.18. The molecule has 3 nitrogen and oxygen atoms in total. The zero-order chi connectivity index (χ0) is 9.97. The number of rotatable bonds is 2. The molecule has 0 aliphatic carbocycles. The molecule has 1 saturated heterocycles. The molecule has 1 aliphatic heterocycles. The van der Waals surface area contributed by atoms with Gasteiger partial charge in [-0.15, -0.1) is 12.4 Å². The van der Waals surface area contributed by atoms with Crippen molar-refractivity contribution in [1.82, 2.24) is 9.88 Å². The smallest absolute Gasteiger partial charge is 0.0572 e. The number of hydrogen-bond acceptors (Lipinski definition) is 3. The van der Waals surface area contributed by atoms with Gasteiger partial charge in [0, 0.05) is 31.4 Å². The molecule has 0 bridgehead atoms. The van der Waals surface area contributed by atoms with Gasteiger partial charge >= 0.3 is 0 Å². The average molecular weight is 228 g/mol. The predicted octanol–water partition coefficient (Wildman–Crippen LogP) is 1.60. The van der Waals surface area contributed by atoms with E-state index in [1.807, 2.05) is 18.3 Å². The summed E-state index contributed by atoms with van der Waals surface area (Å²) in [4.78, 5) is 6.76. The van der Waals surface area contributed by atoms with E-state index in [2.05, 4.69) is 22.9 Å². The van der Waals surface area contributed by atoms with E-state index in [-0.39, 0.29) is 12.4 Å². The van der Waals surface area contributed by atoms with Gasteiger partial charge in [0.2, 0.25) is 0 Å². The highest BCUT2D eigenvalue weighted by Crippen LogP contribution is 2.21. The van der Waals surface area contributed by atoms with Gasteiger partial charge in [-0.3, -0.25) is 9.88 Å². The van der Waals surface area contributed by atoms with Gasteiger partial charge in [0.1, 0.15) is 0 Å². The maximum absolute atomic E-state index is 5.88. The zero-order valence-corrected chi connectivity index (χ0v) is 9.78. The Morgan fingerprint density at radius 3 is 2.87 bits per heavy atom. The minimum absolute atomic E-state index is 0. The van der Waals surface area contributed by atoms with E-state index in [9.17, 15) is 0 Å². The van der Waals surface area contributed by atoms with Crippen molar-refractivity contribution in [1.29, 1.82) is 0 Å². The predicted molar refractivity (Wildman–Crippen MR) is 64.1 cm³/mol. The van der Waals surface area contributed by atoms with Crippen LogP contribution in [0.1, 0.15) is 25.1 Å². The summed E-state index contributed by atoms with van der Waals surface area (Å²) in [5.41, 5.74) is 7.02. The lowest BCUT2D eigenvalue weighted by Gasteiger charge is -2.23. The van der Waals surface area contributed by atoms with Crippen LogP contribution in [0.2, 0.25) is 0 Å². The number of nitrogens with two attached hydrogens (primary N) is 1. The molecule has 15 heavy (non-hydrogen) atoms. The van der Waals surface area contributed by atoms with Crippen LogP contribution in [0.3, 0.4) is 0 Å². The molecule has 0 radical (unpaired) electrons. The van der Waals surface area contributed by atoms with E-state index in [4.69, 9.17) is 5.73 Å². The Labute approximate surface area is 97.1 Å². The van der Waals surface area contributed by atoms with E-state index in [0.717, 1.165) is 25.2 Å². The molecule has 0 saturated carbocycles. The van der Waals surface area contributed by atoms with Crippen molar-refractivity contribution in [2.45, 2.75) is 25.4 Å². The summed E-state index contributed by atoms with van der Waals surface area (Å²) < 4.78 is 0. The number of likely N-dealkylation sites (tertiary alicyclic amines) is 1. The quantitative estimate of drug-likeness (QED) is 0.835. The molecule has 2 atom stereocenters. The monoisotopic (exact) mass is 227 g/mol. The fourth-order valence-corrected chi connectivity index (χ4v) is 1.98. The molecule has 1 aliphatic rings. The second-order valence-electron chi connectivity index (χ2n) is 3.97. The lowest BCUT2D eigenvalue weighted by molar-refractivity contribution is 0.255. The molecule has 84 valence electrons. The highest BCUT2D eigenvalue weighted by molar-refractivity contribution is 5.85. The second kappa shape index (κ2) is 5.45. The van der Waals surface area contributed by atoms with Gasteiger partial charge in [-0.2, -0.15) is 0 Å². The Morgan fingerprint density at radius 2 is 2.33 bits per heavy atom. The van der Waals surface area contributed by atoms with Gasteiger partial charge in [0.25, 0.3) is 0 Å². The lowest BCUT2D eigenvalue weighted by atomic mass is 10.2. The molecule has 4 heteroatoms. The first-order chi connectivity index (χ1) is 6.77. The van der Waals surface area contributed by atoms with Crippen molar-refractivity contribution in [3.8, 4) is 0 Å². The van der Waals surface area contributed by atoms with Crippen LogP contribution in [0, 0.1) is 0 Å². The number of nitrogens with zero attached hydrogens (tertiary/aromatic N) is 2. The summed E-state index contributed by atoms with van der Waals surface area (Å²) in [6.45, 7) is 4.29. The summed E-state index contributed by atoms with van der Waals surface area (Å²) in [7, 11) is 0. The van der Waals surface area contributed by atoms with Crippen molar-refractivity contribution in [2.75, 3.05) is 13.1 Å². The SMILES string of the molecule is CC(c1ccccn1)N1CCC(N)C1.Cl. The van der Waals surface area contributed by atoms with Crippen LogP contribution in [-0.4, -0.2) is 29.0 Å². The standard InChI is InChI=1S/C11H17N3.ClH/c1-9(11-4-2-3-6-13-11)14-7-5-10(12)8-14;/h2-4,6,9-10H,5,7-8,12H2,1H3;1H. The lowest BCUT2D eigenvalue weighted by Crippen LogP contribution is -2.29. The van der Waals surface area contributed by atoms with Crippen molar-refractivity contribution in [3.05, 3.63) is 30.1 Å². The zero-order valence-electron chi connectivity index (χ0n) is 8.97. The maximum atomic E-state index is 5.88. The molecule has 2 unspecified atom stereocenters. The van der Waals surface area contributed by atoms with E-state index in [1.165, 1.54) is 0 Å². The van der Waals surface area contributed by atoms with Crippen LogP contribution in [0.15, 0.2) is 24.4 Å². The van der Waals surface area contributed by atoms with Gasteiger partial charge in [-0.25, -0.2) is 0 Å². The van der Waals surface area contributed by atoms with Crippen LogP contribution < -0.4 is 5.73 Å². The largest absolute Gasteiger partial charge is 0.326 e. The molecular weight excluding hydrogens is 210 g/mol. The highest BCUT2D eigenvalue weighted by atomic mass is 35.5. The van der Waals surface area contributed by atoms with Crippen LogP contribution in [-0.2, 0) is 0 Å². The van der Waals surface area contributed by atoms with Gasteiger partial charge in [0.15, 0.2) is 0 Å². The Hall–Kier alpha value is -0.640. The Balaban J connectivity index is 0.00000112. The van der Waals surface area contributed by atoms with Gasteiger partial charge in [0.05, 0.1) is 5.69 Å². The first kappa shape index (κ1) is 12.4. The third-order valence-electron chi connectivity index (χ3n) is 2.92. The molecule has 1 fully saturated rings. The van der Waals surface area contributed by atoms with Gasteiger partial charge < -0.3 is 5.73 Å². The normalized spacial score (nSPS) is 23.5. The highest BCUT2D eigenvalue weighted by Gasteiger charge is 2.24. The fraction of sp³-hybridized carbons (Fsp3) is 0.545. The third kappa shape index (κ3) is 2.91. The summed E-state index contributed by atoms with van der Waals surface area (Å²) in [6, 6.07) is 6.81. The summed E-state index contributed by atoms with van der Waals surface area (Å²) in [5.74, 6) is 0. The van der Waals surface area contributed by atoms with E-state index in [1.54, 1.807) is 0 Å². The van der Waals surface area contributed by atoms with E-state index >= 15 is 0 Å². The molecule has 1 aromatic rings. The molecule has 2 rings (SSSR count). The minimum atomic E-state index is 0. The van der Waals surface area contributed by atoms with Crippen molar-refractivity contribution in [2.24, 2.45) is 5.73 Å². The maximum Gasteiger partial charge on any atom is 0.0572 e. The Morgan fingerprint density at radius 1 is 1.53 bits per heavy atom. The third-order valence-corrected chi connectivity index (χ3v) is 2.92. The Kier molecular flexibility index (Phi) is 4.51. The minimum Gasteiger partial charge on any atom is -0.326 e. The summed E-state index contributed by atoms with van der Waals surface area (Å²) >= 11 is 0. The van der Waals surface area contributed by atoms with Gasteiger partial charge in [-0.05, 0) is 25.5 Å². The molecule has 1 aromatic heterocycles. The summed E-state index contributed by atoms with van der Waals surface area (Å²) in [5, 5.41) is 0. The topological polar surface area (TPSA) is 42.2 Å². The number of hydrogen-bond donors (Lipinski definition) is 1. The average Bonchev–Trinajstić information content (AvgIpc) is 2.65. The van der Waals surface area contributed by atoms with Crippen molar-refractivity contribution >= 4 is 12.4 Å². The van der Waals surface area contributed by atoms with Crippen LogP contribution in [0.4, 0.5) is 0 Å². The number of aromatic nitrogens is 1. The second-order valence-corrected chi connectivity index (χ2v) is 3.97. The molecule has 0 aromatic carbocycles. The Bertz CT molecular complexity index is 291. The molecule has 2 heterocycles. The van der Waals surface area contributed by atoms with Gasteiger partial charge in [-0.1, -0.05) is 6.07 Å². The fourth-order valence-electron chi connectivity index (χ4n) is 1.98. The summed E-state index contributed by atoms with van der Waals surface area (Å²) in [6.07, 6.45) is 2.96. The molecular formula is C11H18ClN3. The van der Waals surface area contributed by atoms with Crippen molar-refractivity contribution < 1.29 is 0 Å². The van der Waals surface area contributed by atoms with E-state index in [0.29, 0.717) is 12.1 Å². The molecule has 0 spiro atoms.